The van der Waals surface area contributed by atoms with Crippen molar-refractivity contribution in [2.24, 2.45) is 0 Å². The number of aliphatic hydroxyl groups is 1. The molecule has 1 atom stereocenters. The number of hydrogen-bond acceptors (Lipinski definition) is 4. The van der Waals surface area contributed by atoms with Gasteiger partial charge in [-0.1, -0.05) is 0 Å². The third-order valence-electron chi connectivity index (χ3n) is 5.27. The van der Waals surface area contributed by atoms with Gasteiger partial charge in [-0.2, -0.15) is 0 Å². The molecule has 1 aliphatic carbocycles. The fraction of sp³-hybridized carbons (Fsp3) is 0.368. The maximum absolute atomic E-state index is 14.5. The van der Waals surface area contributed by atoms with E-state index in [9.17, 15) is 31.1 Å². The zero-order valence-electron chi connectivity index (χ0n) is 14.8. The van der Waals surface area contributed by atoms with E-state index >= 15 is 0 Å². The Hall–Kier alpha value is -2.13. The van der Waals surface area contributed by atoms with E-state index in [0.29, 0.717) is 24.9 Å². The summed E-state index contributed by atoms with van der Waals surface area (Å²) in [5.74, 6) is -5.09. The van der Waals surface area contributed by atoms with Gasteiger partial charge in [0.05, 0.1) is 10.6 Å². The van der Waals surface area contributed by atoms with Gasteiger partial charge in [0.1, 0.15) is 17.7 Å². The maximum atomic E-state index is 14.5. The number of alkyl halides is 2. The maximum Gasteiger partial charge on any atom is 0.281 e. The third-order valence-corrected chi connectivity index (χ3v) is 6.43. The zero-order valence-corrected chi connectivity index (χ0v) is 15.7. The van der Waals surface area contributed by atoms with Gasteiger partial charge in [0.2, 0.25) is 0 Å². The van der Waals surface area contributed by atoms with Gasteiger partial charge in [0.25, 0.3) is 5.92 Å². The number of hydrogen-bond donors (Lipinski definition) is 1. The van der Waals surface area contributed by atoms with Gasteiger partial charge < -0.3 is 10.0 Å². The molecular weight excluding hydrogens is 398 g/mol. The smallest absolute Gasteiger partial charge is 0.281 e. The second kappa shape index (κ2) is 6.18. The summed E-state index contributed by atoms with van der Waals surface area (Å²) in [5.41, 5.74) is 0.323. The topological polar surface area (TPSA) is 57.6 Å². The number of rotatable bonds is 2. The SMILES string of the molecule is CS(=O)(=O)c1ccc(N2CCCc3cc(F)cc(F)c32)c2c1[C@H](O)C(F)(F)C2. The van der Waals surface area contributed by atoms with Crippen LogP contribution in [0.15, 0.2) is 29.2 Å². The fourth-order valence-electron chi connectivity index (χ4n) is 4.13. The van der Waals surface area contributed by atoms with E-state index < -0.39 is 39.9 Å². The molecule has 0 radical (unpaired) electrons. The van der Waals surface area contributed by atoms with Crippen LogP contribution < -0.4 is 4.90 Å². The highest BCUT2D eigenvalue weighted by atomic mass is 32.2. The number of sulfone groups is 1. The van der Waals surface area contributed by atoms with E-state index in [1.807, 2.05) is 0 Å². The summed E-state index contributed by atoms with van der Waals surface area (Å²) in [6, 6.07) is 4.44. The van der Waals surface area contributed by atoms with Crippen LogP contribution in [-0.2, 0) is 22.7 Å². The molecule has 0 saturated heterocycles. The molecule has 0 spiro atoms. The predicted octanol–water partition coefficient (Wildman–Crippen LogP) is 3.68. The first-order chi connectivity index (χ1) is 13.0. The summed E-state index contributed by atoms with van der Waals surface area (Å²) < 4.78 is 80.8. The van der Waals surface area contributed by atoms with Gasteiger partial charge in [0.15, 0.2) is 9.84 Å². The predicted molar refractivity (Wildman–Crippen MR) is 94.8 cm³/mol. The van der Waals surface area contributed by atoms with Crippen LogP contribution in [-0.4, -0.2) is 32.2 Å². The molecule has 0 bridgehead atoms. The molecule has 0 aromatic heterocycles. The normalized spacial score (nSPS) is 20.8. The molecule has 0 unspecified atom stereocenters. The van der Waals surface area contributed by atoms with Gasteiger partial charge in [-0.3, -0.25) is 0 Å². The van der Waals surface area contributed by atoms with E-state index in [4.69, 9.17) is 0 Å². The molecule has 2 aromatic rings. The molecule has 1 N–H and O–H groups in total. The average Bonchev–Trinajstić information content (AvgIpc) is 2.82. The van der Waals surface area contributed by atoms with Crippen molar-refractivity contribution in [1.29, 1.82) is 0 Å². The van der Waals surface area contributed by atoms with Crippen molar-refractivity contribution in [3.8, 4) is 0 Å². The number of aryl methyl sites for hydroxylation is 1. The number of nitrogens with zero attached hydrogens (tertiary/aromatic N) is 1. The highest BCUT2D eigenvalue weighted by molar-refractivity contribution is 7.90. The van der Waals surface area contributed by atoms with Crippen LogP contribution in [0.4, 0.5) is 28.9 Å². The summed E-state index contributed by atoms with van der Waals surface area (Å²) >= 11 is 0. The highest BCUT2D eigenvalue weighted by Gasteiger charge is 2.50. The molecule has 0 amide bonds. The Morgan fingerprint density at radius 3 is 2.61 bits per heavy atom. The highest BCUT2D eigenvalue weighted by Crippen LogP contribution is 2.50. The van der Waals surface area contributed by atoms with Crippen molar-refractivity contribution >= 4 is 21.2 Å². The summed E-state index contributed by atoms with van der Waals surface area (Å²) in [7, 11) is -3.87. The molecule has 28 heavy (non-hydrogen) atoms. The van der Waals surface area contributed by atoms with Crippen LogP contribution in [0.2, 0.25) is 0 Å². The molecule has 9 heteroatoms. The molecule has 1 heterocycles. The van der Waals surface area contributed by atoms with Crippen molar-refractivity contribution in [3.05, 3.63) is 52.6 Å². The van der Waals surface area contributed by atoms with Crippen LogP contribution in [0.3, 0.4) is 0 Å². The minimum atomic E-state index is -3.87. The molecule has 2 aliphatic rings. The number of aliphatic hydroxyl groups excluding tert-OH is 1. The first-order valence-electron chi connectivity index (χ1n) is 8.68. The number of benzene rings is 2. The first kappa shape index (κ1) is 19.2. The summed E-state index contributed by atoms with van der Waals surface area (Å²) in [6.45, 7) is 0.294. The van der Waals surface area contributed by atoms with Crippen LogP contribution in [0.1, 0.15) is 29.2 Å². The lowest BCUT2D eigenvalue weighted by Crippen LogP contribution is -2.27. The van der Waals surface area contributed by atoms with Crippen LogP contribution in [0.25, 0.3) is 0 Å². The van der Waals surface area contributed by atoms with Gasteiger partial charge in [-0.25, -0.2) is 26.0 Å². The van der Waals surface area contributed by atoms with Crippen LogP contribution in [0, 0.1) is 11.6 Å². The van der Waals surface area contributed by atoms with Gasteiger partial charge in [0, 0.05) is 36.5 Å². The number of anilines is 2. The molecule has 0 fully saturated rings. The third kappa shape index (κ3) is 2.88. The van der Waals surface area contributed by atoms with Crippen LogP contribution >= 0.6 is 0 Å². The monoisotopic (exact) mass is 415 g/mol. The standard InChI is InChI=1S/C19H17F4NO3S/c1-28(26,27)15-5-4-14(12-9-19(22,23)18(25)16(12)15)24-6-2-3-10-7-11(20)8-13(21)17(10)24/h4-5,7-8,18,25H,2-3,6,9H2,1H3/t18-/m0/s1. The Kier molecular flexibility index (Phi) is 4.24. The molecule has 4 rings (SSSR count). The lowest BCUT2D eigenvalue weighted by Gasteiger charge is -2.33. The Morgan fingerprint density at radius 2 is 1.93 bits per heavy atom. The number of fused-ring (bicyclic) bond motifs is 2. The van der Waals surface area contributed by atoms with E-state index in [1.165, 1.54) is 17.0 Å². The molecule has 4 nitrogen and oxygen atoms in total. The van der Waals surface area contributed by atoms with Crippen molar-refractivity contribution in [2.75, 3.05) is 17.7 Å². The van der Waals surface area contributed by atoms with Crippen molar-refractivity contribution in [1.82, 2.24) is 0 Å². The minimum absolute atomic E-state index is 0.0306. The van der Waals surface area contributed by atoms with Gasteiger partial charge >= 0.3 is 0 Å². The average molecular weight is 415 g/mol. The second-order valence-electron chi connectivity index (χ2n) is 7.24. The van der Waals surface area contributed by atoms with E-state index in [1.54, 1.807) is 0 Å². The first-order valence-corrected chi connectivity index (χ1v) is 10.6. The Labute approximate surface area is 159 Å². The molecule has 1 aliphatic heterocycles. The van der Waals surface area contributed by atoms with Crippen molar-refractivity contribution in [3.63, 3.8) is 0 Å². The zero-order chi connectivity index (χ0) is 20.4. The molecule has 0 saturated carbocycles. The lowest BCUT2D eigenvalue weighted by atomic mass is 9.98. The fourth-order valence-corrected chi connectivity index (χ4v) is 5.08. The van der Waals surface area contributed by atoms with Gasteiger partial charge in [-0.05, 0) is 42.2 Å². The Bertz CT molecular complexity index is 1090. The largest absolute Gasteiger partial charge is 0.382 e. The summed E-state index contributed by atoms with van der Waals surface area (Å²) in [5, 5.41) is 10.1. The summed E-state index contributed by atoms with van der Waals surface area (Å²) in [4.78, 5) is 1.10. The molecule has 2 aromatic carbocycles. The van der Waals surface area contributed by atoms with E-state index in [0.717, 1.165) is 18.4 Å². The van der Waals surface area contributed by atoms with Crippen LogP contribution in [0.5, 0.6) is 0 Å². The van der Waals surface area contributed by atoms with Crippen molar-refractivity contribution < 1.29 is 31.1 Å². The Balaban J connectivity index is 1.96. The Morgan fingerprint density at radius 1 is 1.21 bits per heavy atom. The van der Waals surface area contributed by atoms with Crippen molar-refractivity contribution in [2.45, 2.75) is 36.2 Å². The van der Waals surface area contributed by atoms with E-state index in [-0.39, 0.29) is 27.4 Å². The number of halogens is 4. The quantitative estimate of drug-likeness (QED) is 0.761. The molecular formula is C19H17F4NO3S. The molecule has 150 valence electrons. The van der Waals surface area contributed by atoms with E-state index in [2.05, 4.69) is 0 Å². The second-order valence-corrected chi connectivity index (χ2v) is 9.22. The summed E-state index contributed by atoms with van der Waals surface area (Å²) in [6.07, 6.45) is -1.28. The van der Waals surface area contributed by atoms with Gasteiger partial charge in [-0.15, -0.1) is 0 Å². The lowest BCUT2D eigenvalue weighted by molar-refractivity contribution is -0.0975. The minimum Gasteiger partial charge on any atom is -0.382 e.